The van der Waals surface area contributed by atoms with Crippen molar-refractivity contribution in [2.24, 2.45) is 4.99 Å². The molecule has 6 heteroatoms. The van der Waals surface area contributed by atoms with Crippen LogP contribution in [0.15, 0.2) is 81.0 Å². The topological polar surface area (TPSA) is 59.7 Å². The molecule has 1 aliphatic heterocycles. The zero-order valence-electron chi connectivity index (χ0n) is 22.9. The Labute approximate surface area is 247 Å². The first kappa shape index (κ1) is 27.5. The summed E-state index contributed by atoms with van der Waals surface area (Å²) < 4.78 is 2.04. The molecule has 5 rings (SSSR count). The molecule has 3 aromatic heterocycles. The normalized spacial score (nSPS) is 16.0. The molecule has 39 heavy (non-hydrogen) atoms. The predicted octanol–water partition coefficient (Wildman–Crippen LogP) is 7.90. The molecule has 1 aromatic carbocycles. The molecule has 3 N–H and O–H groups in total. The molecule has 0 bridgehead atoms. The summed E-state index contributed by atoms with van der Waals surface area (Å²) in [7, 11) is 0. The van der Waals surface area contributed by atoms with E-state index in [-0.39, 0.29) is 0 Å². The maximum atomic E-state index is 4.81. The lowest BCUT2D eigenvalue weighted by Gasteiger charge is -2.06. The summed E-state index contributed by atoms with van der Waals surface area (Å²) in [5, 5.41) is 2.13. The van der Waals surface area contributed by atoms with E-state index in [1.165, 1.54) is 22.3 Å². The lowest BCUT2D eigenvalue weighted by atomic mass is 10.0. The van der Waals surface area contributed by atoms with Gasteiger partial charge in [-0.1, -0.05) is 58.0 Å². The monoisotopic (exact) mass is 644 g/mol. The average Bonchev–Trinajstić information content (AvgIpc) is 3.71. The summed E-state index contributed by atoms with van der Waals surface area (Å²) in [5.41, 5.74) is 11.9. The van der Waals surface area contributed by atoms with Gasteiger partial charge in [-0.25, -0.2) is 4.99 Å². The van der Waals surface area contributed by atoms with Crippen LogP contribution >= 0.6 is 31.9 Å². The van der Waals surface area contributed by atoms with Gasteiger partial charge in [0.05, 0.1) is 10.3 Å². The van der Waals surface area contributed by atoms with E-state index in [0.29, 0.717) is 0 Å². The Balaban J connectivity index is 1.61. The molecule has 0 atom stereocenters. The van der Waals surface area contributed by atoms with Crippen LogP contribution in [-0.4, -0.2) is 19.6 Å². The molecule has 200 valence electrons. The van der Waals surface area contributed by atoms with Gasteiger partial charge in [0.1, 0.15) is 4.62 Å². The van der Waals surface area contributed by atoms with Gasteiger partial charge in [0.25, 0.3) is 0 Å². The second kappa shape index (κ2) is 12.0. The van der Waals surface area contributed by atoms with E-state index < -0.39 is 0 Å². The molecule has 1 aliphatic rings. The van der Waals surface area contributed by atoms with E-state index in [9.17, 15) is 0 Å². The minimum absolute atomic E-state index is 0.956. The molecule has 0 saturated carbocycles. The fourth-order valence-electron chi connectivity index (χ4n) is 5.50. The van der Waals surface area contributed by atoms with Crippen molar-refractivity contribution in [1.29, 1.82) is 0 Å². The number of aromatic amines is 3. The fraction of sp³-hybridized carbons (Fsp3) is 0.242. The quantitative estimate of drug-likeness (QED) is 0.175. The molecule has 0 aliphatic carbocycles. The first-order valence-electron chi connectivity index (χ1n) is 13.7. The van der Waals surface area contributed by atoms with Gasteiger partial charge in [-0.3, -0.25) is 0 Å². The summed E-state index contributed by atoms with van der Waals surface area (Å²) >= 11 is 7.37. The Hall–Kier alpha value is -3.09. The molecule has 0 saturated heterocycles. The minimum Gasteiger partial charge on any atom is -0.355 e. The fourth-order valence-corrected chi connectivity index (χ4v) is 6.94. The Morgan fingerprint density at radius 2 is 1.49 bits per heavy atom. The highest BCUT2D eigenvalue weighted by Gasteiger charge is 2.20. The number of aliphatic imine (C=N–C) groups is 1. The summed E-state index contributed by atoms with van der Waals surface area (Å²) in [4.78, 5) is 15.7. The Bertz CT molecular complexity index is 1710. The lowest BCUT2D eigenvalue weighted by Crippen LogP contribution is -2.14. The summed E-state index contributed by atoms with van der Waals surface area (Å²) in [5.74, 6) is 0. The number of hydrogen-bond donors (Lipinski definition) is 3. The number of aromatic nitrogens is 3. The largest absolute Gasteiger partial charge is 0.355 e. The lowest BCUT2D eigenvalue weighted by molar-refractivity contribution is 1.05. The van der Waals surface area contributed by atoms with Crippen LogP contribution in [0.3, 0.4) is 0 Å². The highest BCUT2D eigenvalue weighted by atomic mass is 79.9. The van der Waals surface area contributed by atoms with Gasteiger partial charge in [-0.15, -0.1) is 0 Å². The van der Waals surface area contributed by atoms with Gasteiger partial charge in [0.15, 0.2) is 0 Å². The van der Waals surface area contributed by atoms with Gasteiger partial charge in [0.2, 0.25) is 0 Å². The average molecular weight is 646 g/mol. The van der Waals surface area contributed by atoms with Gasteiger partial charge in [-0.05, 0) is 122 Å². The molecule has 0 amide bonds. The highest BCUT2D eigenvalue weighted by molar-refractivity contribution is 9.18. The number of allylic oxidation sites excluding steroid dienone is 2. The van der Waals surface area contributed by atoms with Crippen molar-refractivity contribution in [1.82, 2.24) is 15.0 Å². The van der Waals surface area contributed by atoms with Gasteiger partial charge >= 0.3 is 0 Å². The molecule has 0 fully saturated rings. The number of hydrogen-bond acceptors (Lipinski definition) is 1. The standard InChI is InChI=1S/C33H34Br2N4/c1-5-23-25(7-3)32(34)38-29(23)18-21-14-16-27(36-21)31(20-12-10-9-11-13-20)28-17-15-22(37-28)19-30-24(6-2)26(8-4)33(35)39-30/h9-19,36-38H,5-8H2,1-4H3/b21-18-,30-19-,31-27-. The maximum absolute atomic E-state index is 4.81. The number of halogens is 2. The third kappa shape index (κ3) is 5.50. The molecule has 4 nitrogen and oxygen atoms in total. The molecule has 0 spiro atoms. The van der Waals surface area contributed by atoms with Gasteiger partial charge < -0.3 is 15.0 Å². The molecular formula is C33H34Br2N4. The third-order valence-electron chi connectivity index (χ3n) is 7.36. The number of nitrogens with zero attached hydrogens (tertiary/aromatic N) is 1. The number of nitrogens with one attached hydrogen (secondary N) is 3. The zero-order valence-corrected chi connectivity index (χ0v) is 26.1. The zero-order chi connectivity index (χ0) is 27.5. The minimum atomic E-state index is 0.956. The van der Waals surface area contributed by atoms with Crippen LogP contribution in [-0.2, 0) is 12.8 Å². The number of H-pyrrole nitrogens is 3. The SMILES string of the molecule is CCC1=C(CC)/C(=C/c2ccc(/C(c3ccccc3)=c3/cc/c(=C/c4[nH]c(Br)c(CC)c4CC)[nH]3)[nH]2)N=C1Br. The van der Waals surface area contributed by atoms with E-state index in [1.54, 1.807) is 0 Å². The van der Waals surface area contributed by atoms with Crippen LogP contribution in [0.2, 0.25) is 0 Å². The second-order valence-electron chi connectivity index (χ2n) is 9.65. The van der Waals surface area contributed by atoms with Crippen molar-refractivity contribution < 1.29 is 0 Å². The third-order valence-corrected chi connectivity index (χ3v) is 8.70. The van der Waals surface area contributed by atoms with Crippen LogP contribution < -0.4 is 10.7 Å². The van der Waals surface area contributed by atoms with Crippen molar-refractivity contribution in [2.75, 3.05) is 0 Å². The summed E-state index contributed by atoms with van der Waals surface area (Å²) in [6.45, 7) is 8.79. The molecule has 0 unspecified atom stereocenters. The van der Waals surface area contributed by atoms with Crippen LogP contribution in [0.5, 0.6) is 0 Å². The summed E-state index contributed by atoms with van der Waals surface area (Å²) in [6.07, 6.45) is 8.28. The first-order chi connectivity index (χ1) is 19.0. The molecule has 4 aromatic rings. The number of benzene rings is 1. The van der Waals surface area contributed by atoms with E-state index in [1.807, 2.05) is 0 Å². The van der Waals surface area contributed by atoms with E-state index >= 15 is 0 Å². The smallest absolute Gasteiger partial charge is 0.110 e. The van der Waals surface area contributed by atoms with Crippen LogP contribution in [0.1, 0.15) is 74.3 Å². The van der Waals surface area contributed by atoms with Crippen LogP contribution in [0.25, 0.3) is 17.7 Å². The van der Waals surface area contributed by atoms with E-state index in [0.717, 1.165) is 79.5 Å². The van der Waals surface area contributed by atoms with Crippen molar-refractivity contribution in [3.8, 4) is 0 Å². The van der Waals surface area contributed by atoms with Crippen molar-refractivity contribution in [3.63, 3.8) is 0 Å². The molecule has 0 radical (unpaired) electrons. The van der Waals surface area contributed by atoms with Crippen LogP contribution in [0, 0.1) is 0 Å². The Kier molecular flexibility index (Phi) is 8.43. The Morgan fingerprint density at radius 1 is 0.744 bits per heavy atom. The second-order valence-corrected chi connectivity index (χ2v) is 11.2. The van der Waals surface area contributed by atoms with E-state index in [2.05, 4.69) is 141 Å². The first-order valence-corrected chi connectivity index (χ1v) is 15.3. The van der Waals surface area contributed by atoms with E-state index in [4.69, 9.17) is 4.99 Å². The van der Waals surface area contributed by atoms with Crippen molar-refractivity contribution in [3.05, 3.63) is 121 Å². The maximum Gasteiger partial charge on any atom is 0.110 e. The highest BCUT2D eigenvalue weighted by Crippen LogP contribution is 2.33. The number of rotatable bonds is 8. The van der Waals surface area contributed by atoms with Crippen LogP contribution in [0.4, 0.5) is 0 Å². The molecule has 4 heterocycles. The molecular weight excluding hydrogens is 612 g/mol. The predicted molar refractivity (Wildman–Crippen MR) is 172 cm³/mol. The van der Waals surface area contributed by atoms with Crippen molar-refractivity contribution in [2.45, 2.75) is 53.4 Å². The summed E-state index contributed by atoms with van der Waals surface area (Å²) in [6, 6.07) is 19.2. The van der Waals surface area contributed by atoms with Gasteiger partial charge in [0, 0.05) is 33.4 Å². The van der Waals surface area contributed by atoms with Gasteiger partial charge in [-0.2, -0.15) is 0 Å². The van der Waals surface area contributed by atoms with Crippen molar-refractivity contribution >= 4 is 54.2 Å². The Morgan fingerprint density at radius 3 is 2.18 bits per heavy atom.